The van der Waals surface area contributed by atoms with Crippen LogP contribution in [0, 0.1) is 5.92 Å². The predicted molar refractivity (Wildman–Crippen MR) is 78.0 cm³/mol. The number of nitrogens with one attached hydrogen (secondary N) is 1. The summed E-state index contributed by atoms with van der Waals surface area (Å²) in [6.45, 7) is 11.1. The van der Waals surface area contributed by atoms with E-state index in [0.717, 1.165) is 18.5 Å². The Balaban J connectivity index is 1.85. The van der Waals surface area contributed by atoms with E-state index in [-0.39, 0.29) is 0 Å². The summed E-state index contributed by atoms with van der Waals surface area (Å²) in [6.07, 6.45) is 5.66. The minimum Gasteiger partial charge on any atom is -0.318 e. The number of likely N-dealkylation sites (N-methyl/N-ethyl adjacent to an activating group) is 1. The van der Waals surface area contributed by atoms with Crippen LogP contribution >= 0.6 is 0 Å². The molecule has 2 fully saturated rings. The van der Waals surface area contributed by atoms with E-state index in [2.05, 4.69) is 36.0 Å². The van der Waals surface area contributed by atoms with Crippen molar-refractivity contribution in [1.29, 1.82) is 0 Å². The van der Waals surface area contributed by atoms with Gasteiger partial charge in [-0.25, -0.2) is 0 Å². The van der Waals surface area contributed by atoms with Gasteiger partial charge in [0.25, 0.3) is 0 Å². The zero-order chi connectivity index (χ0) is 13.0. The van der Waals surface area contributed by atoms with Gasteiger partial charge in [-0.15, -0.1) is 0 Å². The molecule has 2 heterocycles. The fourth-order valence-corrected chi connectivity index (χ4v) is 3.65. The summed E-state index contributed by atoms with van der Waals surface area (Å²) in [5.41, 5.74) is 0. The molecule has 0 spiro atoms. The Morgan fingerprint density at radius 3 is 2.44 bits per heavy atom. The van der Waals surface area contributed by atoms with Gasteiger partial charge in [-0.05, 0) is 45.3 Å². The maximum Gasteiger partial charge on any atom is 0.0244 e. The van der Waals surface area contributed by atoms with E-state index in [9.17, 15) is 0 Å². The van der Waals surface area contributed by atoms with Gasteiger partial charge in [0.05, 0.1) is 0 Å². The van der Waals surface area contributed by atoms with Crippen LogP contribution in [0.5, 0.6) is 0 Å². The molecule has 0 aromatic heterocycles. The number of hydrogen-bond donors (Lipinski definition) is 1. The molecule has 0 aliphatic carbocycles. The van der Waals surface area contributed by atoms with Crippen molar-refractivity contribution in [3.63, 3.8) is 0 Å². The molecular weight excluding hydrogens is 222 g/mol. The summed E-state index contributed by atoms with van der Waals surface area (Å²) in [4.78, 5) is 5.47. The highest BCUT2D eigenvalue weighted by Crippen LogP contribution is 2.23. The Hall–Kier alpha value is -0.120. The highest BCUT2D eigenvalue weighted by molar-refractivity contribution is 4.89. The first kappa shape index (κ1) is 14.3. The molecule has 2 rings (SSSR count). The molecule has 2 unspecified atom stereocenters. The highest BCUT2D eigenvalue weighted by atomic mass is 15.3. The van der Waals surface area contributed by atoms with E-state index < -0.39 is 0 Å². The second-order valence-corrected chi connectivity index (χ2v) is 6.40. The second kappa shape index (κ2) is 6.88. The van der Waals surface area contributed by atoms with Gasteiger partial charge in [0, 0.05) is 31.7 Å². The molecular formula is C15H31N3. The second-order valence-electron chi connectivity index (χ2n) is 6.40. The molecule has 1 N–H and O–H groups in total. The topological polar surface area (TPSA) is 18.5 Å². The molecule has 18 heavy (non-hydrogen) atoms. The number of rotatable bonds is 5. The number of piperidine rings is 1. The fourth-order valence-electron chi connectivity index (χ4n) is 3.65. The maximum atomic E-state index is 3.37. The van der Waals surface area contributed by atoms with Crippen LogP contribution in [0.3, 0.4) is 0 Å². The molecule has 0 aromatic rings. The van der Waals surface area contributed by atoms with Crippen LogP contribution in [0.4, 0.5) is 0 Å². The Kier molecular flexibility index (Phi) is 5.46. The summed E-state index contributed by atoms with van der Waals surface area (Å²) < 4.78 is 0. The average molecular weight is 253 g/mol. The molecule has 106 valence electrons. The summed E-state index contributed by atoms with van der Waals surface area (Å²) in [6, 6.07) is 1.55. The molecule has 2 aliphatic heterocycles. The lowest BCUT2D eigenvalue weighted by atomic mass is 10.0. The molecule has 3 nitrogen and oxygen atoms in total. The Morgan fingerprint density at radius 1 is 1.11 bits per heavy atom. The van der Waals surface area contributed by atoms with E-state index in [1.54, 1.807) is 0 Å². The van der Waals surface area contributed by atoms with E-state index in [4.69, 9.17) is 0 Å². The average Bonchev–Trinajstić information content (AvgIpc) is 2.86. The van der Waals surface area contributed by atoms with E-state index in [1.165, 1.54) is 51.9 Å². The van der Waals surface area contributed by atoms with Crippen molar-refractivity contribution in [2.45, 2.75) is 51.6 Å². The third-order valence-electron chi connectivity index (χ3n) is 4.75. The third-order valence-corrected chi connectivity index (χ3v) is 4.75. The summed E-state index contributed by atoms with van der Waals surface area (Å²) in [7, 11) is 2.08. The van der Waals surface area contributed by atoms with Crippen LogP contribution in [0.1, 0.15) is 39.5 Å². The minimum absolute atomic E-state index is 0.713. The zero-order valence-electron chi connectivity index (χ0n) is 12.5. The normalized spacial score (nSPS) is 29.0. The Morgan fingerprint density at radius 2 is 1.83 bits per heavy atom. The molecule has 0 bridgehead atoms. The molecule has 3 heteroatoms. The molecule has 0 aromatic carbocycles. The van der Waals surface area contributed by atoms with Crippen LogP contribution in [0.15, 0.2) is 0 Å². The van der Waals surface area contributed by atoms with Gasteiger partial charge in [0.1, 0.15) is 0 Å². The maximum absolute atomic E-state index is 3.37. The summed E-state index contributed by atoms with van der Waals surface area (Å²) >= 11 is 0. The highest BCUT2D eigenvalue weighted by Gasteiger charge is 2.32. The van der Waals surface area contributed by atoms with Crippen LogP contribution < -0.4 is 5.32 Å². The molecule has 2 aliphatic rings. The van der Waals surface area contributed by atoms with Crippen molar-refractivity contribution in [1.82, 2.24) is 15.1 Å². The Labute approximate surface area is 113 Å². The van der Waals surface area contributed by atoms with Crippen LogP contribution in [0.25, 0.3) is 0 Å². The van der Waals surface area contributed by atoms with Crippen molar-refractivity contribution in [2.24, 2.45) is 5.92 Å². The largest absolute Gasteiger partial charge is 0.318 e. The standard InChI is InChI=1S/C15H31N3/c1-13(2)15(11-16-3)18-10-7-14(12-18)17-8-5-4-6-9-17/h13-16H,4-12H2,1-3H3. The first-order valence-corrected chi connectivity index (χ1v) is 7.85. The van der Waals surface area contributed by atoms with E-state index in [0.29, 0.717) is 6.04 Å². The molecule has 2 atom stereocenters. The third kappa shape index (κ3) is 3.46. The van der Waals surface area contributed by atoms with Crippen molar-refractivity contribution < 1.29 is 0 Å². The van der Waals surface area contributed by atoms with Gasteiger partial charge in [0.15, 0.2) is 0 Å². The predicted octanol–water partition coefficient (Wildman–Crippen LogP) is 1.79. The van der Waals surface area contributed by atoms with Crippen LogP contribution in [-0.4, -0.2) is 61.7 Å². The van der Waals surface area contributed by atoms with Crippen LogP contribution in [-0.2, 0) is 0 Å². The lowest BCUT2D eigenvalue weighted by Gasteiger charge is -2.34. The van der Waals surface area contributed by atoms with Crippen molar-refractivity contribution in [2.75, 3.05) is 39.8 Å². The lowest BCUT2D eigenvalue weighted by Crippen LogP contribution is -2.46. The van der Waals surface area contributed by atoms with Gasteiger partial charge in [-0.3, -0.25) is 9.80 Å². The van der Waals surface area contributed by atoms with Gasteiger partial charge < -0.3 is 5.32 Å². The Bertz CT molecular complexity index is 236. The zero-order valence-corrected chi connectivity index (χ0v) is 12.5. The molecule has 0 radical (unpaired) electrons. The molecule has 0 saturated carbocycles. The van der Waals surface area contributed by atoms with Gasteiger partial charge in [-0.1, -0.05) is 20.3 Å². The summed E-state index contributed by atoms with van der Waals surface area (Å²) in [5.74, 6) is 0.748. The van der Waals surface area contributed by atoms with E-state index in [1.807, 2.05) is 0 Å². The SMILES string of the molecule is CNCC(C(C)C)N1CCC(N2CCCCC2)C1. The molecule has 0 amide bonds. The van der Waals surface area contributed by atoms with Crippen molar-refractivity contribution in [3.8, 4) is 0 Å². The first-order valence-electron chi connectivity index (χ1n) is 7.85. The first-order chi connectivity index (χ1) is 8.72. The van der Waals surface area contributed by atoms with Crippen LogP contribution in [0.2, 0.25) is 0 Å². The van der Waals surface area contributed by atoms with Gasteiger partial charge >= 0.3 is 0 Å². The number of likely N-dealkylation sites (tertiary alicyclic amines) is 2. The number of nitrogens with zero attached hydrogens (tertiary/aromatic N) is 2. The summed E-state index contributed by atoms with van der Waals surface area (Å²) in [5, 5.41) is 3.37. The smallest absolute Gasteiger partial charge is 0.0244 e. The van der Waals surface area contributed by atoms with E-state index >= 15 is 0 Å². The van der Waals surface area contributed by atoms with Gasteiger partial charge in [0.2, 0.25) is 0 Å². The minimum atomic E-state index is 0.713. The number of hydrogen-bond acceptors (Lipinski definition) is 3. The van der Waals surface area contributed by atoms with Gasteiger partial charge in [-0.2, -0.15) is 0 Å². The fraction of sp³-hybridized carbons (Fsp3) is 1.00. The van der Waals surface area contributed by atoms with Crippen molar-refractivity contribution in [3.05, 3.63) is 0 Å². The molecule has 2 saturated heterocycles. The quantitative estimate of drug-likeness (QED) is 0.806. The monoisotopic (exact) mass is 253 g/mol. The lowest BCUT2D eigenvalue weighted by molar-refractivity contribution is 0.139. The van der Waals surface area contributed by atoms with Crippen molar-refractivity contribution >= 4 is 0 Å².